The first-order chi connectivity index (χ1) is 15.8. The molecule has 0 saturated carbocycles. The summed E-state index contributed by atoms with van der Waals surface area (Å²) >= 11 is 6.06. The summed E-state index contributed by atoms with van der Waals surface area (Å²) in [6.45, 7) is 2.20. The smallest absolute Gasteiger partial charge is 0.228 e. The fourth-order valence-corrected chi connectivity index (χ4v) is 6.18. The average Bonchev–Trinajstić information content (AvgIpc) is 3.06. The van der Waals surface area contributed by atoms with E-state index in [4.69, 9.17) is 11.6 Å². The molecule has 0 bridgehead atoms. The molecule has 2 heterocycles. The fraction of sp³-hybridized carbons (Fsp3) is 0.192. The van der Waals surface area contributed by atoms with Crippen LogP contribution in [-0.4, -0.2) is 30.7 Å². The van der Waals surface area contributed by atoms with Gasteiger partial charge in [-0.2, -0.15) is 0 Å². The molecule has 4 rings (SSSR count). The molecule has 2 aromatic carbocycles. The molecule has 0 aliphatic carbocycles. The highest BCUT2D eigenvalue weighted by atomic mass is 35.5. The Morgan fingerprint density at radius 2 is 1.67 bits per heavy atom. The Morgan fingerprint density at radius 1 is 0.970 bits per heavy atom. The van der Waals surface area contributed by atoms with Crippen molar-refractivity contribution in [1.82, 2.24) is 9.30 Å². The Morgan fingerprint density at radius 3 is 2.39 bits per heavy atom. The number of fused-ring (bicyclic) bond motifs is 1. The number of hydrogen-bond acceptors (Lipinski definition) is 3. The van der Waals surface area contributed by atoms with Crippen molar-refractivity contribution < 1.29 is 13.2 Å². The first kappa shape index (κ1) is 23.1. The number of carbonyl (C=O) groups excluding carboxylic acids is 1. The second-order valence-electron chi connectivity index (χ2n) is 8.16. The van der Waals surface area contributed by atoms with Gasteiger partial charge in [0.1, 0.15) is 0 Å². The zero-order valence-corrected chi connectivity index (χ0v) is 20.1. The molecule has 5 nitrogen and oxygen atoms in total. The van der Waals surface area contributed by atoms with Gasteiger partial charge in [-0.15, -0.1) is 0 Å². The maximum atomic E-state index is 13.4. The minimum atomic E-state index is -3.62. The Kier molecular flexibility index (Phi) is 6.58. The van der Waals surface area contributed by atoms with Gasteiger partial charge in [-0.3, -0.25) is 4.79 Å². The minimum Gasteiger partial charge on any atom is -0.341 e. The predicted molar refractivity (Wildman–Crippen MR) is 131 cm³/mol. The van der Waals surface area contributed by atoms with Crippen LogP contribution in [0.5, 0.6) is 0 Å². The number of rotatable bonds is 7. The summed E-state index contributed by atoms with van der Waals surface area (Å²) in [6, 6.07) is 22.0. The van der Waals surface area contributed by atoms with Crippen LogP contribution in [0.4, 0.5) is 0 Å². The van der Waals surface area contributed by atoms with Gasteiger partial charge in [0.05, 0.1) is 22.6 Å². The van der Waals surface area contributed by atoms with Gasteiger partial charge in [0.15, 0.2) is 9.84 Å². The van der Waals surface area contributed by atoms with Gasteiger partial charge < -0.3 is 9.30 Å². The molecule has 0 aliphatic heterocycles. The molecule has 0 fully saturated rings. The Hall–Kier alpha value is -3.09. The third-order valence-corrected chi connectivity index (χ3v) is 7.81. The summed E-state index contributed by atoms with van der Waals surface area (Å²) in [4.78, 5) is 15.0. The van der Waals surface area contributed by atoms with Crippen LogP contribution in [0.2, 0.25) is 5.02 Å². The number of halogens is 1. The van der Waals surface area contributed by atoms with E-state index in [1.54, 1.807) is 43.1 Å². The van der Waals surface area contributed by atoms with Crippen LogP contribution >= 0.6 is 11.6 Å². The van der Waals surface area contributed by atoms with Crippen LogP contribution in [0.1, 0.15) is 22.4 Å². The highest BCUT2D eigenvalue weighted by Gasteiger charge is 2.27. The van der Waals surface area contributed by atoms with Crippen molar-refractivity contribution in [3.63, 3.8) is 0 Å². The van der Waals surface area contributed by atoms with Crippen molar-refractivity contribution >= 4 is 32.9 Å². The summed E-state index contributed by atoms with van der Waals surface area (Å²) in [5, 5.41) is 0.620. The molecule has 0 spiro atoms. The van der Waals surface area contributed by atoms with Crippen molar-refractivity contribution in [2.45, 2.75) is 30.5 Å². The van der Waals surface area contributed by atoms with Crippen molar-refractivity contribution in [2.75, 3.05) is 7.05 Å². The lowest BCUT2D eigenvalue weighted by Crippen LogP contribution is -2.28. The van der Waals surface area contributed by atoms with Gasteiger partial charge in [-0.25, -0.2) is 8.42 Å². The molecule has 4 aromatic rings. The molecule has 33 heavy (non-hydrogen) atoms. The number of sulfone groups is 1. The average molecular weight is 481 g/mol. The molecule has 0 radical (unpaired) electrons. The number of amides is 1. The Labute approximate surface area is 199 Å². The lowest BCUT2D eigenvalue weighted by Gasteiger charge is -2.18. The topological polar surface area (TPSA) is 58.9 Å². The van der Waals surface area contributed by atoms with Gasteiger partial charge >= 0.3 is 0 Å². The van der Waals surface area contributed by atoms with E-state index in [0.717, 1.165) is 11.1 Å². The maximum Gasteiger partial charge on any atom is 0.228 e. The molecule has 7 heteroatoms. The summed E-state index contributed by atoms with van der Waals surface area (Å²) < 4.78 is 28.7. The van der Waals surface area contributed by atoms with Gasteiger partial charge in [0.2, 0.25) is 5.91 Å². The van der Waals surface area contributed by atoms with Crippen molar-refractivity contribution in [2.24, 2.45) is 0 Å². The normalized spacial score (nSPS) is 11.6. The number of nitrogens with zero attached hydrogens (tertiary/aromatic N) is 2. The van der Waals surface area contributed by atoms with Crippen LogP contribution in [-0.2, 0) is 33.4 Å². The second kappa shape index (κ2) is 9.41. The van der Waals surface area contributed by atoms with Gasteiger partial charge in [0.25, 0.3) is 0 Å². The molecule has 0 atom stereocenters. The number of aromatic nitrogens is 1. The van der Waals surface area contributed by atoms with Gasteiger partial charge in [-0.1, -0.05) is 60.1 Å². The Balaban J connectivity index is 1.66. The number of pyridine rings is 1. The van der Waals surface area contributed by atoms with E-state index < -0.39 is 9.84 Å². The lowest BCUT2D eigenvalue weighted by atomic mass is 10.1. The summed E-state index contributed by atoms with van der Waals surface area (Å²) in [5.74, 6) is -0.195. The highest BCUT2D eigenvalue weighted by Crippen LogP contribution is 2.30. The van der Waals surface area contributed by atoms with E-state index in [1.807, 2.05) is 59.1 Å². The molecule has 0 aliphatic rings. The SMILES string of the molecule is Cc1c(S(=O)(=O)Cc2ccccc2)c2ccccn2c1CC(=O)N(C)Cc1cccc(Cl)c1. The third-order valence-electron chi connectivity index (χ3n) is 5.72. The zero-order valence-electron chi connectivity index (χ0n) is 18.5. The summed E-state index contributed by atoms with van der Waals surface area (Å²) in [7, 11) is -1.88. The van der Waals surface area contributed by atoms with E-state index in [1.165, 1.54) is 0 Å². The van der Waals surface area contributed by atoms with Crippen LogP contribution in [0.3, 0.4) is 0 Å². The summed E-state index contributed by atoms with van der Waals surface area (Å²) in [6.07, 6.45) is 1.90. The number of benzene rings is 2. The highest BCUT2D eigenvalue weighted by molar-refractivity contribution is 7.91. The van der Waals surface area contributed by atoms with Crippen molar-refractivity contribution in [3.8, 4) is 0 Å². The fourth-order valence-electron chi connectivity index (χ4n) is 4.12. The van der Waals surface area contributed by atoms with Gasteiger partial charge in [0, 0.05) is 30.5 Å². The number of hydrogen-bond donors (Lipinski definition) is 0. The van der Waals surface area contributed by atoms with E-state index in [-0.39, 0.29) is 23.0 Å². The Bertz CT molecular complexity index is 1410. The summed E-state index contributed by atoms with van der Waals surface area (Å²) in [5.41, 5.74) is 3.54. The van der Waals surface area contributed by atoms with E-state index in [9.17, 15) is 13.2 Å². The van der Waals surface area contributed by atoms with Gasteiger partial charge in [-0.05, 0) is 47.9 Å². The second-order valence-corrected chi connectivity index (χ2v) is 10.5. The van der Waals surface area contributed by atoms with Crippen LogP contribution < -0.4 is 0 Å². The molecule has 170 valence electrons. The third kappa shape index (κ3) is 4.97. The zero-order chi connectivity index (χ0) is 23.6. The number of carbonyl (C=O) groups is 1. The number of likely N-dealkylation sites (N-methyl/N-ethyl adjacent to an activating group) is 1. The molecule has 0 unspecified atom stereocenters. The first-order valence-electron chi connectivity index (χ1n) is 10.6. The maximum absolute atomic E-state index is 13.4. The first-order valence-corrected chi connectivity index (χ1v) is 12.6. The van der Waals surface area contributed by atoms with Crippen LogP contribution in [0, 0.1) is 6.92 Å². The lowest BCUT2D eigenvalue weighted by molar-refractivity contribution is -0.129. The predicted octanol–water partition coefficient (Wildman–Crippen LogP) is 5.08. The minimum absolute atomic E-state index is 0.0920. The molecule has 2 aromatic heterocycles. The van der Waals surface area contributed by atoms with E-state index >= 15 is 0 Å². The largest absolute Gasteiger partial charge is 0.341 e. The molecule has 0 N–H and O–H groups in total. The monoisotopic (exact) mass is 480 g/mol. The molecule has 1 amide bonds. The molecular weight excluding hydrogens is 456 g/mol. The quantitative estimate of drug-likeness (QED) is 0.371. The standard InChI is InChI=1S/C26H25ClN2O3S/c1-19-24(16-25(30)28(2)17-21-11-8-12-22(27)15-21)29-14-7-6-13-23(29)26(19)33(31,32)18-20-9-4-3-5-10-20/h3-15H,16-18H2,1-2H3. The van der Waals surface area contributed by atoms with Crippen LogP contribution in [0.15, 0.2) is 83.9 Å². The van der Waals surface area contributed by atoms with Crippen LogP contribution in [0.25, 0.3) is 5.52 Å². The van der Waals surface area contributed by atoms with E-state index in [2.05, 4.69) is 0 Å². The van der Waals surface area contributed by atoms with E-state index in [0.29, 0.717) is 28.3 Å². The molecule has 0 saturated heterocycles. The van der Waals surface area contributed by atoms with Crippen molar-refractivity contribution in [1.29, 1.82) is 0 Å². The molecular formula is C26H25ClN2O3S. The van der Waals surface area contributed by atoms with Crippen molar-refractivity contribution in [3.05, 3.63) is 106 Å².